The van der Waals surface area contributed by atoms with Crippen LogP contribution in [0, 0.1) is 0 Å². The van der Waals surface area contributed by atoms with Crippen molar-refractivity contribution in [2.45, 2.75) is 20.3 Å². The van der Waals surface area contributed by atoms with Gasteiger partial charge in [-0.2, -0.15) is 0 Å². The lowest BCUT2D eigenvalue weighted by atomic mass is 10.3. The van der Waals surface area contributed by atoms with E-state index in [0.717, 1.165) is 0 Å². The Kier molecular flexibility index (Phi) is 6.86. The van der Waals surface area contributed by atoms with Crippen LogP contribution in [0.2, 0.25) is 0 Å². The minimum Gasteiger partial charge on any atom is -0.347 e. The molecule has 0 spiro atoms. The molecular formula is C9H18N4O3. The van der Waals surface area contributed by atoms with E-state index in [1.165, 1.54) is 0 Å². The molecular weight excluding hydrogens is 212 g/mol. The van der Waals surface area contributed by atoms with Gasteiger partial charge in [0.25, 0.3) is 0 Å². The highest BCUT2D eigenvalue weighted by atomic mass is 16.2. The summed E-state index contributed by atoms with van der Waals surface area (Å²) >= 11 is 0. The largest absolute Gasteiger partial charge is 0.347 e. The second-order valence-electron chi connectivity index (χ2n) is 3.05. The number of rotatable bonds is 5. The van der Waals surface area contributed by atoms with Crippen molar-refractivity contribution in [1.82, 2.24) is 15.6 Å². The molecule has 0 bridgehead atoms. The van der Waals surface area contributed by atoms with Crippen LogP contribution in [0.5, 0.6) is 0 Å². The van der Waals surface area contributed by atoms with E-state index in [1.807, 2.05) is 13.8 Å². The zero-order valence-corrected chi connectivity index (χ0v) is 9.58. The smallest absolute Gasteiger partial charge is 0.323 e. The second kappa shape index (κ2) is 7.63. The molecule has 7 heteroatoms. The Hall–Kier alpha value is -1.63. The van der Waals surface area contributed by atoms with Gasteiger partial charge in [-0.05, 0) is 13.8 Å². The highest BCUT2D eigenvalue weighted by molar-refractivity contribution is 6.34. The second-order valence-corrected chi connectivity index (χ2v) is 3.05. The van der Waals surface area contributed by atoms with E-state index in [4.69, 9.17) is 5.84 Å². The molecule has 0 aromatic rings. The first-order valence-corrected chi connectivity index (χ1v) is 5.13. The molecule has 0 unspecified atom stereocenters. The zero-order chi connectivity index (χ0) is 12.6. The number of nitrogens with zero attached hydrogens (tertiary/aromatic N) is 1. The summed E-state index contributed by atoms with van der Waals surface area (Å²) < 4.78 is 0. The number of nitrogens with two attached hydrogens (primary N) is 1. The molecule has 0 heterocycles. The number of hydrogen-bond donors (Lipinski definition) is 3. The summed E-state index contributed by atoms with van der Waals surface area (Å²) in [5, 5.41) is 2.29. The van der Waals surface area contributed by atoms with E-state index in [2.05, 4.69) is 5.32 Å². The molecule has 92 valence electrons. The molecule has 0 rings (SSSR count). The Balaban J connectivity index is 3.86. The maximum Gasteiger partial charge on any atom is 0.323 e. The standard InChI is InChI=1S/C9H18N4O3/c1-3-13(4-2)7(14)5-6-11-8(15)9(16)12-10/h3-6,10H2,1-2H3,(H,11,15)(H,12,16). The first kappa shape index (κ1) is 14.4. The van der Waals surface area contributed by atoms with Crippen LogP contribution in [0.3, 0.4) is 0 Å². The monoisotopic (exact) mass is 230 g/mol. The van der Waals surface area contributed by atoms with Gasteiger partial charge in [0, 0.05) is 26.1 Å². The predicted molar refractivity (Wildman–Crippen MR) is 57.9 cm³/mol. The molecule has 3 amide bonds. The van der Waals surface area contributed by atoms with Crippen molar-refractivity contribution < 1.29 is 14.4 Å². The molecule has 0 fully saturated rings. The van der Waals surface area contributed by atoms with E-state index >= 15 is 0 Å². The highest BCUT2D eigenvalue weighted by Crippen LogP contribution is 1.92. The van der Waals surface area contributed by atoms with Gasteiger partial charge in [-0.25, -0.2) is 5.84 Å². The summed E-state index contributed by atoms with van der Waals surface area (Å²) in [7, 11) is 0. The van der Waals surface area contributed by atoms with E-state index in [9.17, 15) is 14.4 Å². The average Bonchev–Trinajstić information content (AvgIpc) is 2.29. The van der Waals surface area contributed by atoms with Crippen molar-refractivity contribution in [3.05, 3.63) is 0 Å². The van der Waals surface area contributed by atoms with Crippen molar-refractivity contribution in [2.75, 3.05) is 19.6 Å². The fraction of sp³-hybridized carbons (Fsp3) is 0.667. The summed E-state index contributed by atoms with van der Waals surface area (Å²) in [6.45, 7) is 5.14. The molecule has 4 N–H and O–H groups in total. The van der Waals surface area contributed by atoms with Gasteiger partial charge in [0.05, 0.1) is 0 Å². The van der Waals surface area contributed by atoms with Gasteiger partial charge in [0.1, 0.15) is 0 Å². The SMILES string of the molecule is CCN(CC)C(=O)CCNC(=O)C(=O)NN. The maximum absolute atomic E-state index is 11.5. The van der Waals surface area contributed by atoms with E-state index in [0.29, 0.717) is 13.1 Å². The van der Waals surface area contributed by atoms with Crippen LogP contribution in [0.15, 0.2) is 0 Å². The minimum atomic E-state index is -0.921. The fourth-order valence-electron chi connectivity index (χ4n) is 1.16. The van der Waals surface area contributed by atoms with Crippen molar-refractivity contribution in [3.63, 3.8) is 0 Å². The van der Waals surface area contributed by atoms with Crippen LogP contribution in [0.25, 0.3) is 0 Å². The number of carbonyl (C=O) groups is 3. The van der Waals surface area contributed by atoms with Crippen molar-refractivity contribution in [1.29, 1.82) is 0 Å². The van der Waals surface area contributed by atoms with Gasteiger partial charge in [0.15, 0.2) is 0 Å². The van der Waals surface area contributed by atoms with Crippen molar-refractivity contribution in [2.24, 2.45) is 5.84 Å². The first-order valence-electron chi connectivity index (χ1n) is 5.13. The van der Waals surface area contributed by atoms with Gasteiger partial charge < -0.3 is 10.2 Å². The molecule has 0 atom stereocenters. The van der Waals surface area contributed by atoms with Crippen molar-refractivity contribution >= 4 is 17.7 Å². The third kappa shape index (κ3) is 4.74. The number of hydrogen-bond acceptors (Lipinski definition) is 4. The summed E-state index contributed by atoms with van der Waals surface area (Å²) in [6.07, 6.45) is 0.172. The van der Waals surface area contributed by atoms with Crippen LogP contribution < -0.4 is 16.6 Å². The summed E-state index contributed by atoms with van der Waals surface area (Å²) in [4.78, 5) is 34.8. The topological polar surface area (TPSA) is 105 Å². The van der Waals surface area contributed by atoms with Crippen LogP contribution in [0.1, 0.15) is 20.3 Å². The normalized spacial score (nSPS) is 9.44. The predicted octanol–water partition coefficient (Wildman–Crippen LogP) is -1.65. The number of nitrogens with one attached hydrogen (secondary N) is 2. The Morgan fingerprint density at radius 1 is 1.12 bits per heavy atom. The average molecular weight is 230 g/mol. The lowest BCUT2D eigenvalue weighted by Crippen LogP contribution is -2.44. The summed E-state index contributed by atoms with van der Waals surface area (Å²) in [5.74, 6) is 2.94. The lowest BCUT2D eigenvalue weighted by molar-refractivity contribution is -0.139. The number of amides is 3. The molecule has 7 nitrogen and oxygen atoms in total. The van der Waals surface area contributed by atoms with Gasteiger partial charge in [0.2, 0.25) is 5.91 Å². The Labute approximate surface area is 94.3 Å². The Morgan fingerprint density at radius 2 is 1.69 bits per heavy atom. The number of carbonyl (C=O) groups excluding carboxylic acids is 3. The quantitative estimate of drug-likeness (QED) is 0.228. The molecule has 0 aromatic heterocycles. The molecule has 16 heavy (non-hydrogen) atoms. The fourth-order valence-corrected chi connectivity index (χ4v) is 1.16. The Morgan fingerprint density at radius 3 is 2.12 bits per heavy atom. The zero-order valence-electron chi connectivity index (χ0n) is 9.58. The number of hydrazine groups is 1. The van der Waals surface area contributed by atoms with Crippen LogP contribution in [-0.2, 0) is 14.4 Å². The maximum atomic E-state index is 11.5. The molecule has 0 aliphatic carbocycles. The third-order valence-corrected chi connectivity index (χ3v) is 2.08. The highest BCUT2D eigenvalue weighted by Gasteiger charge is 2.13. The van der Waals surface area contributed by atoms with Gasteiger partial charge >= 0.3 is 11.8 Å². The van der Waals surface area contributed by atoms with E-state index in [1.54, 1.807) is 10.3 Å². The molecule has 0 aliphatic rings. The Bertz CT molecular complexity index is 263. The summed E-state index contributed by atoms with van der Waals surface area (Å²) in [6, 6.07) is 0. The molecule has 0 saturated heterocycles. The van der Waals surface area contributed by atoms with Crippen LogP contribution >= 0.6 is 0 Å². The summed E-state index contributed by atoms with van der Waals surface area (Å²) in [5.41, 5.74) is 1.70. The van der Waals surface area contributed by atoms with Crippen LogP contribution in [-0.4, -0.2) is 42.3 Å². The molecule has 0 saturated carbocycles. The van der Waals surface area contributed by atoms with E-state index < -0.39 is 11.8 Å². The van der Waals surface area contributed by atoms with Crippen LogP contribution in [0.4, 0.5) is 0 Å². The third-order valence-electron chi connectivity index (χ3n) is 2.08. The van der Waals surface area contributed by atoms with Gasteiger partial charge in [-0.1, -0.05) is 0 Å². The van der Waals surface area contributed by atoms with E-state index in [-0.39, 0.29) is 18.9 Å². The minimum absolute atomic E-state index is 0.0570. The van der Waals surface area contributed by atoms with Crippen molar-refractivity contribution in [3.8, 4) is 0 Å². The molecule has 0 aromatic carbocycles. The first-order chi connectivity index (χ1) is 7.56. The molecule has 0 aliphatic heterocycles. The van der Waals surface area contributed by atoms with Gasteiger partial charge in [-0.15, -0.1) is 0 Å². The lowest BCUT2D eigenvalue weighted by Gasteiger charge is -2.18. The van der Waals surface area contributed by atoms with Gasteiger partial charge in [-0.3, -0.25) is 19.8 Å². The molecule has 0 radical (unpaired) electrons.